The summed E-state index contributed by atoms with van der Waals surface area (Å²) in [5.74, 6) is 1.58. The first-order valence-corrected chi connectivity index (χ1v) is 8.69. The number of nitrogens with one attached hydrogen (secondary N) is 1. The molecule has 0 unspecified atom stereocenters. The third-order valence-corrected chi connectivity index (χ3v) is 5.04. The van der Waals surface area contributed by atoms with E-state index in [0.717, 1.165) is 31.7 Å². The Labute approximate surface area is 142 Å². The van der Waals surface area contributed by atoms with Crippen molar-refractivity contribution in [2.24, 2.45) is 5.92 Å². The summed E-state index contributed by atoms with van der Waals surface area (Å²) in [7, 11) is 0. The molecule has 5 nitrogen and oxygen atoms in total. The average Bonchev–Trinajstić information content (AvgIpc) is 3.18. The molecule has 1 aromatic carbocycles. The van der Waals surface area contributed by atoms with Crippen molar-refractivity contribution in [2.45, 2.75) is 38.6 Å². The topological polar surface area (TPSA) is 58.4 Å². The minimum absolute atomic E-state index is 0.124. The number of hydrogen-bond donors (Lipinski definition) is 1. The van der Waals surface area contributed by atoms with Crippen molar-refractivity contribution in [3.8, 4) is 0 Å². The Bertz CT molecular complexity index is 751. The molecule has 0 radical (unpaired) electrons. The zero-order valence-corrected chi connectivity index (χ0v) is 14.2. The van der Waals surface area contributed by atoms with Gasteiger partial charge in [0.1, 0.15) is 5.76 Å². The Balaban J connectivity index is 1.41. The first kappa shape index (κ1) is 15.2. The first-order chi connectivity index (χ1) is 11.6. The van der Waals surface area contributed by atoms with E-state index < -0.39 is 0 Å². The molecule has 1 saturated heterocycles. The number of hydrogen-bond acceptors (Lipinski definition) is 4. The summed E-state index contributed by atoms with van der Waals surface area (Å²) in [6.45, 7) is 6.05. The van der Waals surface area contributed by atoms with E-state index in [-0.39, 0.29) is 11.9 Å². The van der Waals surface area contributed by atoms with Crippen molar-refractivity contribution in [2.75, 3.05) is 18.0 Å². The summed E-state index contributed by atoms with van der Waals surface area (Å²) in [6, 6.07) is 10.4. The van der Waals surface area contributed by atoms with Crippen LogP contribution in [-0.4, -0.2) is 30.2 Å². The zero-order chi connectivity index (χ0) is 16.7. The molecule has 2 aromatic rings. The van der Waals surface area contributed by atoms with Gasteiger partial charge >= 0.3 is 0 Å². The molecule has 2 heterocycles. The molecule has 24 heavy (non-hydrogen) atoms. The third-order valence-electron chi connectivity index (χ3n) is 5.04. The number of amides is 1. The van der Waals surface area contributed by atoms with E-state index in [4.69, 9.17) is 4.52 Å². The van der Waals surface area contributed by atoms with Gasteiger partial charge in [-0.1, -0.05) is 24.2 Å². The number of rotatable bonds is 4. The van der Waals surface area contributed by atoms with Gasteiger partial charge < -0.3 is 14.7 Å². The van der Waals surface area contributed by atoms with E-state index in [9.17, 15) is 4.79 Å². The van der Waals surface area contributed by atoms with Gasteiger partial charge in [-0.3, -0.25) is 4.79 Å². The maximum absolute atomic E-state index is 12.4. The number of nitrogens with zero attached hydrogens (tertiary/aromatic N) is 2. The first-order valence-electron chi connectivity index (χ1n) is 8.69. The fraction of sp³-hybridized carbons (Fsp3) is 0.474. The van der Waals surface area contributed by atoms with Gasteiger partial charge in [0.25, 0.3) is 5.91 Å². The molecule has 2 aliphatic rings. The van der Waals surface area contributed by atoms with Gasteiger partial charge in [-0.2, -0.15) is 0 Å². The number of aromatic nitrogens is 1. The quantitative estimate of drug-likeness (QED) is 0.938. The van der Waals surface area contributed by atoms with E-state index in [1.54, 1.807) is 6.07 Å². The van der Waals surface area contributed by atoms with Crippen molar-refractivity contribution in [3.05, 3.63) is 47.3 Å². The SMILES string of the molecule is Cc1cccc(N2C[C@@H](C)[C@H](NC(=O)c3cc(C4CC4)on3)C2)c1. The lowest BCUT2D eigenvalue weighted by molar-refractivity contribution is 0.0924. The van der Waals surface area contributed by atoms with Crippen molar-refractivity contribution in [3.63, 3.8) is 0 Å². The second kappa shape index (κ2) is 5.96. The van der Waals surface area contributed by atoms with Crippen LogP contribution in [0.2, 0.25) is 0 Å². The zero-order valence-electron chi connectivity index (χ0n) is 14.2. The highest BCUT2D eigenvalue weighted by Crippen LogP contribution is 2.40. The average molecular weight is 325 g/mol. The number of carbonyl (C=O) groups is 1. The molecule has 2 atom stereocenters. The van der Waals surface area contributed by atoms with Gasteiger partial charge in [0.15, 0.2) is 5.69 Å². The fourth-order valence-electron chi connectivity index (χ4n) is 3.39. The number of anilines is 1. The molecule has 1 N–H and O–H groups in total. The Morgan fingerprint density at radius 1 is 1.29 bits per heavy atom. The molecule has 1 aliphatic heterocycles. The van der Waals surface area contributed by atoms with Gasteiger partial charge in [-0.15, -0.1) is 0 Å². The van der Waals surface area contributed by atoms with Crippen LogP contribution in [0.1, 0.15) is 47.5 Å². The van der Waals surface area contributed by atoms with Crippen molar-refractivity contribution in [1.82, 2.24) is 10.5 Å². The Morgan fingerprint density at radius 3 is 2.88 bits per heavy atom. The summed E-state index contributed by atoms with van der Waals surface area (Å²) < 4.78 is 5.28. The molecular formula is C19H23N3O2. The smallest absolute Gasteiger partial charge is 0.273 e. The van der Waals surface area contributed by atoms with E-state index in [1.165, 1.54) is 11.3 Å². The maximum Gasteiger partial charge on any atom is 0.273 e. The molecule has 4 rings (SSSR count). The Morgan fingerprint density at radius 2 is 2.12 bits per heavy atom. The molecule has 2 fully saturated rings. The van der Waals surface area contributed by atoms with Gasteiger partial charge in [0.2, 0.25) is 0 Å². The van der Waals surface area contributed by atoms with Crippen LogP contribution in [0.4, 0.5) is 5.69 Å². The van der Waals surface area contributed by atoms with Crippen LogP contribution in [-0.2, 0) is 0 Å². The normalized spacial score (nSPS) is 23.5. The van der Waals surface area contributed by atoms with Crippen LogP contribution in [0.15, 0.2) is 34.9 Å². The summed E-state index contributed by atoms with van der Waals surface area (Å²) in [6.07, 6.45) is 2.28. The molecule has 0 bridgehead atoms. The highest BCUT2D eigenvalue weighted by molar-refractivity contribution is 5.92. The van der Waals surface area contributed by atoms with Crippen molar-refractivity contribution < 1.29 is 9.32 Å². The molecule has 1 aromatic heterocycles. The number of aryl methyl sites for hydroxylation is 1. The molecular weight excluding hydrogens is 302 g/mol. The van der Waals surface area contributed by atoms with Crippen LogP contribution < -0.4 is 10.2 Å². The largest absolute Gasteiger partial charge is 0.369 e. The van der Waals surface area contributed by atoms with Gasteiger partial charge in [0.05, 0.1) is 6.04 Å². The summed E-state index contributed by atoms with van der Waals surface area (Å²) in [5, 5.41) is 7.06. The van der Waals surface area contributed by atoms with Crippen molar-refractivity contribution >= 4 is 11.6 Å². The summed E-state index contributed by atoms with van der Waals surface area (Å²) in [5.41, 5.74) is 2.87. The lowest BCUT2D eigenvalue weighted by atomic mass is 10.1. The summed E-state index contributed by atoms with van der Waals surface area (Å²) in [4.78, 5) is 14.8. The molecule has 1 aliphatic carbocycles. The molecule has 126 valence electrons. The second-order valence-corrected chi connectivity index (χ2v) is 7.19. The lowest BCUT2D eigenvalue weighted by Gasteiger charge is -2.19. The minimum atomic E-state index is -0.131. The van der Waals surface area contributed by atoms with Crippen LogP contribution in [0, 0.1) is 12.8 Å². The predicted octanol–water partition coefficient (Wildman–Crippen LogP) is 3.12. The van der Waals surface area contributed by atoms with E-state index in [1.807, 2.05) is 0 Å². The van der Waals surface area contributed by atoms with Gasteiger partial charge in [0, 0.05) is 30.8 Å². The number of carbonyl (C=O) groups excluding carboxylic acids is 1. The number of benzene rings is 1. The van der Waals surface area contributed by atoms with Crippen LogP contribution in [0.3, 0.4) is 0 Å². The molecule has 1 amide bonds. The molecule has 0 spiro atoms. The van der Waals surface area contributed by atoms with E-state index in [2.05, 4.69) is 53.5 Å². The predicted molar refractivity (Wildman–Crippen MR) is 92.3 cm³/mol. The Hall–Kier alpha value is -2.30. The van der Waals surface area contributed by atoms with Crippen molar-refractivity contribution in [1.29, 1.82) is 0 Å². The monoisotopic (exact) mass is 325 g/mol. The highest BCUT2D eigenvalue weighted by Gasteiger charge is 2.33. The standard InChI is InChI=1S/C19H23N3O2/c1-12-4-3-5-15(8-12)22-10-13(2)17(11-22)20-19(23)16-9-18(24-21-16)14-6-7-14/h3-5,8-9,13-14,17H,6-7,10-11H2,1-2H3,(H,20,23)/t13-,17-/m1/s1. The maximum atomic E-state index is 12.4. The minimum Gasteiger partial charge on any atom is -0.369 e. The van der Waals surface area contributed by atoms with Crippen LogP contribution in [0.5, 0.6) is 0 Å². The lowest BCUT2D eigenvalue weighted by Crippen LogP contribution is -2.40. The highest BCUT2D eigenvalue weighted by atomic mass is 16.5. The van der Waals surface area contributed by atoms with Crippen LogP contribution >= 0.6 is 0 Å². The molecule has 1 saturated carbocycles. The van der Waals surface area contributed by atoms with Crippen LogP contribution in [0.25, 0.3) is 0 Å². The van der Waals surface area contributed by atoms with Gasteiger partial charge in [-0.25, -0.2) is 0 Å². The molecule has 5 heteroatoms. The second-order valence-electron chi connectivity index (χ2n) is 7.19. The van der Waals surface area contributed by atoms with Gasteiger partial charge in [-0.05, 0) is 43.4 Å². The fourth-order valence-corrected chi connectivity index (χ4v) is 3.39. The van der Waals surface area contributed by atoms with E-state index >= 15 is 0 Å². The Kier molecular flexibility index (Phi) is 3.79. The van der Waals surface area contributed by atoms with E-state index in [0.29, 0.717) is 17.5 Å². The summed E-state index contributed by atoms with van der Waals surface area (Å²) >= 11 is 0. The third kappa shape index (κ3) is 3.03.